The summed E-state index contributed by atoms with van der Waals surface area (Å²) in [7, 11) is 0. The fraction of sp³-hybridized carbons (Fsp3) is 0.318. The largest absolute Gasteiger partial charge is 0.472 e. The van der Waals surface area contributed by atoms with E-state index >= 15 is 0 Å². The van der Waals surface area contributed by atoms with Crippen LogP contribution in [-0.2, 0) is 6.61 Å². The Morgan fingerprint density at radius 1 is 1.22 bits per heavy atom. The highest BCUT2D eigenvalue weighted by atomic mass is 19.1. The number of ether oxygens (including phenoxy) is 1. The van der Waals surface area contributed by atoms with Gasteiger partial charge >= 0.3 is 0 Å². The SMILES string of the molecule is Cc1c(-c2cc(OCc3ccc(F)cn3)n3c(C#N)cnc3c2)nnn1C1CCNCC1. The van der Waals surface area contributed by atoms with Gasteiger partial charge in [-0.1, -0.05) is 5.21 Å². The minimum atomic E-state index is -0.410. The second-order valence-corrected chi connectivity index (χ2v) is 7.74. The Labute approximate surface area is 183 Å². The molecule has 0 aromatic carbocycles. The van der Waals surface area contributed by atoms with Gasteiger partial charge in [0.05, 0.1) is 29.8 Å². The standard InChI is InChI=1S/C22H21FN8O/c1-14-22(28-29-31(14)18-4-6-25-7-5-18)15-8-20-27-12-19(10-24)30(20)21(9-15)32-13-17-3-2-16(23)11-26-17/h2-3,8-9,11-12,18,25H,4-7,13H2,1H3. The first-order valence-electron chi connectivity index (χ1n) is 10.4. The molecule has 10 heteroatoms. The van der Waals surface area contributed by atoms with Crippen molar-refractivity contribution in [2.24, 2.45) is 0 Å². The molecule has 1 N–H and O–H groups in total. The maximum atomic E-state index is 13.2. The number of halogens is 1. The third kappa shape index (κ3) is 3.67. The summed E-state index contributed by atoms with van der Waals surface area (Å²) in [4.78, 5) is 8.39. The molecule has 0 radical (unpaired) electrons. The molecule has 162 valence electrons. The van der Waals surface area contributed by atoms with Gasteiger partial charge in [-0.3, -0.25) is 9.38 Å². The highest BCUT2D eigenvalue weighted by molar-refractivity contribution is 5.68. The summed E-state index contributed by atoms with van der Waals surface area (Å²) in [6.07, 6.45) is 4.66. The molecule has 5 rings (SSSR count). The molecule has 1 aliphatic heterocycles. The molecule has 0 bridgehead atoms. The predicted molar refractivity (Wildman–Crippen MR) is 113 cm³/mol. The van der Waals surface area contributed by atoms with Gasteiger partial charge in [-0.15, -0.1) is 5.10 Å². The van der Waals surface area contributed by atoms with E-state index in [2.05, 4.69) is 31.7 Å². The van der Waals surface area contributed by atoms with Crippen molar-refractivity contribution in [3.05, 3.63) is 59.6 Å². The summed E-state index contributed by atoms with van der Waals surface area (Å²) in [6.45, 7) is 4.05. The molecule has 4 aromatic rings. The van der Waals surface area contributed by atoms with Gasteiger partial charge in [-0.2, -0.15) is 5.26 Å². The summed E-state index contributed by atoms with van der Waals surface area (Å²) in [5.41, 5.74) is 4.00. The van der Waals surface area contributed by atoms with Gasteiger partial charge in [0, 0.05) is 11.6 Å². The van der Waals surface area contributed by atoms with Crippen LogP contribution in [0.4, 0.5) is 4.39 Å². The van der Waals surface area contributed by atoms with Crippen molar-refractivity contribution < 1.29 is 9.13 Å². The lowest BCUT2D eigenvalue weighted by Crippen LogP contribution is -2.30. The molecule has 1 aliphatic rings. The van der Waals surface area contributed by atoms with Crippen LogP contribution in [0.15, 0.2) is 36.7 Å². The molecule has 0 unspecified atom stereocenters. The third-order valence-corrected chi connectivity index (χ3v) is 5.70. The second-order valence-electron chi connectivity index (χ2n) is 7.74. The molecule has 0 aliphatic carbocycles. The Morgan fingerprint density at radius 2 is 2.06 bits per heavy atom. The van der Waals surface area contributed by atoms with E-state index in [0.717, 1.165) is 49.1 Å². The Bertz CT molecular complexity index is 1300. The summed E-state index contributed by atoms with van der Waals surface area (Å²) < 4.78 is 22.8. The maximum absolute atomic E-state index is 13.2. The number of nitriles is 1. The highest BCUT2D eigenvalue weighted by Gasteiger charge is 2.22. The maximum Gasteiger partial charge on any atom is 0.201 e. The monoisotopic (exact) mass is 432 g/mol. The molecule has 0 saturated carbocycles. The summed E-state index contributed by atoms with van der Waals surface area (Å²) in [6, 6.07) is 9.03. The fourth-order valence-corrected chi connectivity index (χ4v) is 4.05. The number of rotatable bonds is 5. The average molecular weight is 432 g/mol. The van der Waals surface area contributed by atoms with Crippen LogP contribution in [0.2, 0.25) is 0 Å². The van der Waals surface area contributed by atoms with E-state index in [-0.39, 0.29) is 6.61 Å². The van der Waals surface area contributed by atoms with Crippen LogP contribution < -0.4 is 10.1 Å². The van der Waals surface area contributed by atoms with Crippen molar-refractivity contribution in [1.29, 1.82) is 5.26 Å². The molecule has 5 heterocycles. The molecule has 0 amide bonds. The van der Waals surface area contributed by atoms with Crippen molar-refractivity contribution >= 4 is 5.65 Å². The second kappa shape index (κ2) is 8.36. The molecule has 0 spiro atoms. The smallest absolute Gasteiger partial charge is 0.201 e. The lowest BCUT2D eigenvalue weighted by atomic mass is 10.1. The van der Waals surface area contributed by atoms with Gasteiger partial charge in [-0.25, -0.2) is 14.1 Å². The van der Waals surface area contributed by atoms with Crippen molar-refractivity contribution in [3.8, 4) is 23.2 Å². The average Bonchev–Trinajstić information content (AvgIpc) is 3.42. The summed E-state index contributed by atoms with van der Waals surface area (Å²) >= 11 is 0. The van der Waals surface area contributed by atoms with Gasteiger partial charge < -0.3 is 10.1 Å². The zero-order valence-corrected chi connectivity index (χ0v) is 17.5. The lowest BCUT2D eigenvalue weighted by Gasteiger charge is -2.23. The number of piperidine rings is 1. The van der Waals surface area contributed by atoms with E-state index in [0.29, 0.717) is 29.0 Å². The molecule has 1 saturated heterocycles. The van der Waals surface area contributed by atoms with Gasteiger partial charge in [0.25, 0.3) is 0 Å². The first-order valence-corrected chi connectivity index (χ1v) is 10.4. The molecule has 9 nitrogen and oxygen atoms in total. The number of imidazole rings is 1. The number of fused-ring (bicyclic) bond motifs is 1. The fourth-order valence-electron chi connectivity index (χ4n) is 4.05. The third-order valence-electron chi connectivity index (χ3n) is 5.70. The minimum absolute atomic E-state index is 0.114. The van der Waals surface area contributed by atoms with E-state index in [1.807, 2.05) is 23.7 Å². The van der Waals surface area contributed by atoms with Gasteiger partial charge in [-0.05, 0) is 51.1 Å². The highest BCUT2D eigenvalue weighted by Crippen LogP contribution is 2.30. The van der Waals surface area contributed by atoms with Crippen molar-refractivity contribution in [3.63, 3.8) is 0 Å². The van der Waals surface area contributed by atoms with E-state index in [1.165, 1.54) is 12.3 Å². The topological polar surface area (TPSA) is 106 Å². The number of nitrogens with one attached hydrogen (secondary N) is 1. The Kier molecular flexibility index (Phi) is 5.25. The summed E-state index contributed by atoms with van der Waals surface area (Å²) in [5.74, 6) is 0.0142. The van der Waals surface area contributed by atoms with Gasteiger partial charge in [0.1, 0.15) is 35.5 Å². The van der Waals surface area contributed by atoms with Gasteiger partial charge in [0.15, 0.2) is 0 Å². The normalized spacial score (nSPS) is 14.5. The molecule has 0 atom stereocenters. The van der Waals surface area contributed by atoms with Crippen molar-refractivity contribution in [1.82, 2.24) is 34.7 Å². The number of hydrogen-bond donors (Lipinski definition) is 1. The van der Waals surface area contributed by atoms with Crippen LogP contribution in [0, 0.1) is 24.1 Å². The Morgan fingerprint density at radius 3 is 2.81 bits per heavy atom. The van der Waals surface area contributed by atoms with Crippen molar-refractivity contribution in [2.45, 2.75) is 32.4 Å². The quantitative estimate of drug-likeness (QED) is 0.517. The molecular formula is C22H21FN8O. The van der Waals surface area contributed by atoms with E-state index in [4.69, 9.17) is 4.74 Å². The Hall–Kier alpha value is -3.84. The summed E-state index contributed by atoms with van der Waals surface area (Å²) in [5, 5.41) is 21.7. The van der Waals surface area contributed by atoms with Crippen LogP contribution in [-0.4, -0.2) is 42.5 Å². The predicted octanol–water partition coefficient (Wildman–Crippen LogP) is 2.81. The van der Waals surface area contributed by atoms with E-state index in [9.17, 15) is 9.65 Å². The number of nitrogens with zero attached hydrogens (tertiary/aromatic N) is 7. The molecule has 1 fully saturated rings. The van der Waals surface area contributed by atoms with Crippen LogP contribution in [0.1, 0.15) is 36.0 Å². The first kappa shape index (κ1) is 20.1. The molecular weight excluding hydrogens is 411 g/mol. The molecule has 4 aromatic heterocycles. The van der Waals surface area contributed by atoms with Crippen LogP contribution in [0.3, 0.4) is 0 Å². The van der Waals surface area contributed by atoms with Crippen LogP contribution >= 0.6 is 0 Å². The number of pyridine rings is 2. The zero-order valence-electron chi connectivity index (χ0n) is 17.5. The van der Waals surface area contributed by atoms with Crippen LogP contribution in [0.25, 0.3) is 16.9 Å². The van der Waals surface area contributed by atoms with E-state index in [1.54, 1.807) is 10.5 Å². The number of hydrogen-bond acceptors (Lipinski definition) is 7. The Balaban J connectivity index is 1.52. The number of aromatic nitrogens is 6. The van der Waals surface area contributed by atoms with E-state index < -0.39 is 5.82 Å². The zero-order chi connectivity index (χ0) is 22.1. The molecule has 32 heavy (non-hydrogen) atoms. The lowest BCUT2D eigenvalue weighted by molar-refractivity contribution is 0.285. The van der Waals surface area contributed by atoms with Gasteiger partial charge in [0.2, 0.25) is 5.88 Å². The van der Waals surface area contributed by atoms with Crippen molar-refractivity contribution in [2.75, 3.05) is 13.1 Å². The first-order chi connectivity index (χ1) is 15.6. The minimum Gasteiger partial charge on any atom is -0.472 e. The van der Waals surface area contributed by atoms with Crippen LogP contribution in [0.5, 0.6) is 5.88 Å².